The quantitative estimate of drug-likeness (QED) is 0.694. The molecule has 4 atom stereocenters. The number of rotatable bonds is 1. The lowest BCUT2D eigenvalue weighted by atomic mass is 9.56. The second-order valence-corrected chi connectivity index (χ2v) is 9.36. The molecule has 3 heteroatoms. The van der Waals surface area contributed by atoms with Crippen molar-refractivity contribution in [3.63, 3.8) is 0 Å². The van der Waals surface area contributed by atoms with E-state index in [1.807, 2.05) is 13.0 Å². The molecule has 5 rings (SSSR count). The first kappa shape index (κ1) is 17.2. The molecule has 26 heavy (non-hydrogen) atoms. The van der Waals surface area contributed by atoms with Gasteiger partial charge in [-0.3, -0.25) is 0 Å². The van der Waals surface area contributed by atoms with Crippen LogP contribution in [0.2, 0.25) is 0 Å². The molecule has 142 valence electrons. The maximum absolute atomic E-state index is 11.3. The van der Waals surface area contributed by atoms with Crippen LogP contribution in [0.25, 0.3) is 0 Å². The van der Waals surface area contributed by atoms with Crippen LogP contribution < -0.4 is 0 Å². The van der Waals surface area contributed by atoms with Crippen LogP contribution in [0, 0.1) is 17.3 Å². The molecule has 0 radical (unpaired) electrons. The number of ether oxygens (including phenoxy) is 2. The van der Waals surface area contributed by atoms with E-state index >= 15 is 0 Å². The van der Waals surface area contributed by atoms with E-state index in [1.54, 1.807) is 16.7 Å². The SMILES string of the molecule is CC=C[C@]1(O)CC[C@H]2[C@@H]3CCC4=C(CCC5(C4)OCCO5)C3=CC[C@@]21C. The van der Waals surface area contributed by atoms with Gasteiger partial charge in [0.15, 0.2) is 5.79 Å². The molecule has 4 aliphatic carbocycles. The van der Waals surface area contributed by atoms with Crippen LogP contribution in [-0.4, -0.2) is 29.7 Å². The summed E-state index contributed by atoms with van der Waals surface area (Å²) in [7, 11) is 0. The van der Waals surface area contributed by atoms with Crippen LogP contribution in [0.15, 0.2) is 34.9 Å². The summed E-state index contributed by atoms with van der Waals surface area (Å²) in [6, 6.07) is 0. The van der Waals surface area contributed by atoms with E-state index in [-0.39, 0.29) is 11.2 Å². The zero-order valence-corrected chi connectivity index (χ0v) is 16.2. The summed E-state index contributed by atoms with van der Waals surface area (Å²) in [6.45, 7) is 5.86. The average Bonchev–Trinajstić information content (AvgIpc) is 3.18. The van der Waals surface area contributed by atoms with E-state index in [2.05, 4.69) is 19.1 Å². The summed E-state index contributed by atoms with van der Waals surface area (Å²) in [5, 5.41) is 11.3. The van der Waals surface area contributed by atoms with Crippen LogP contribution in [0.4, 0.5) is 0 Å². The molecule has 0 aromatic carbocycles. The third kappa shape index (κ3) is 2.23. The van der Waals surface area contributed by atoms with Crippen molar-refractivity contribution in [2.45, 2.75) is 76.6 Å². The van der Waals surface area contributed by atoms with Gasteiger partial charge in [0.25, 0.3) is 0 Å². The van der Waals surface area contributed by atoms with Crippen molar-refractivity contribution in [1.82, 2.24) is 0 Å². The summed E-state index contributed by atoms with van der Waals surface area (Å²) >= 11 is 0. The molecule has 1 aliphatic heterocycles. The van der Waals surface area contributed by atoms with Gasteiger partial charge in [0.05, 0.1) is 18.8 Å². The van der Waals surface area contributed by atoms with Gasteiger partial charge in [-0.25, -0.2) is 0 Å². The van der Waals surface area contributed by atoms with E-state index < -0.39 is 5.60 Å². The largest absolute Gasteiger partial charge is 0.385 e. The molecule has 0 bridgehead atoms. The second kappa shape index (κ2) is 5.80. The van der Waals surface area contributed by atoms with E-state index in [0.717, 1.165) is 51.7 Å². The molecule has 0 aromatic rings. The summed E-state index contributed by atoms with van der Waals surface area (Å²) in [6.07, 6.45) is 15.1. The van der Waals surface area contributed by atoms with E-state index in [0.29, 0.717) is 11.8 Å². The monoisotopic (exact) mass is 356 g/mol. The fraction of sp³-hybridized carbons (Fsp3) is 0.739. The van der Waals surface area contributed by atoms with Crippen LogP contribution in [0.3, 0.4) is 0 Å². The Hall–Kier alpha value is -0.900. The number of hydrogen-bond donors (Lipinski definition) is 1. The van der Waals surface area contributed by atoms with Gasteiger partial charge in [-0.05, 0) is 68.4 Å². The van der Waals surface area contributed by atoms with Crippen molar-refractivity contribution < 1.29 is 14.6 Å². The Morgan fingerprint density at radius 3 is 2.73 bits per heavy atom. The Kier molecular flexibility index (Phi) is 3.84. The Labute approximate surface area is 157 Å². The molecule has 1 N–H and O–H groups in total. The molecule has 0 unspecified atom stereocenters. The standard InChI is InChI=1S/C23H32O3/c1-3-9-22(24)11-8-20-19-5-4-16-15-23(25-13-14-26-23)12-7-17(16)18(19)6-10-21(20,22)2/h3,6,9,19-20,24H,4-5,7-8,10-15H2,1-2H3/t19-,20+,21+,22+/m1/s1. The van der Waals surface area contributed by atoms with Crippen LogP contribution in [0.5, 0.6) is 0 Å². The van der Waals surface area contributed by atoms with Crippen molar-refractivity contribution in [3.05, 3.63) is 34.9 Å². The Balaban J connectivity index is 1.48. The number of aliphatic hydroxyl groups is 1. The molecule has 1 saturated carbocycles. The van der Waals surface area contributed by atoms with Crippen LogP contribution in [-0.2, 0) is 9.47 Å². The van der Waals surface area contributed by atoms with Crippen molar-refractivity contribution >= 4 is 0 Å². The van der Waals surface area contributed by atoms with Gasteiger partial charge in [0.2, 0.25) is 0 Å². The predicted octanol–water partition coefficient (Wildman–Crippen LogP) is 4.67. The second-order valence-electron chi connectivity index (χ2n) is 9.36. The minimum absolute atomic E-state index is 0.0146. The Morgan fingerprint density at radius 1 is 1.15 bits per heavy atom. The van der Waals surface area contributed by atoms with E-state index in [4.69, 9.17) is 9.47 Å². The third-order valence-electron chi connectivity index (χ3n) is 8.30. The average molecular weight is 357 g/mol. The lowest BCUT2D eigenvalue weighted by molar-refractivity contribution is -0.164. The van der Waals surface area contributed by atoms with Gasteiger partial charge in [0, 0.05) is 18.3 Å². The fourth-order valence-corrected chi connectivity index (χ4v) is 6.89. The first-order valence-electron chi connectivity index (χ1n) is 10.6. The molecule has 1 spiro atoms. The van der Waals surface area contributed by atoms with Gasteiger partial charge < -0.3 is 14.6 Å². The first-order valence-corrected chi connectivity index (χ1v) is 10.6. The highest BCUT2D eigenvalue weighted by Gasteiger charge is 2.59. The van der Waals surface area contributed by atoms with Crippen molar-refractivity contribution in [1.29, 1.82) is 0 Å². The Bertz CT molecular complexity index is 696. The van der Waals surface area contributed by atoms with E-state index in [1.165, 1.54) is 12.8 Å². The topological polar surface area (TPSA) is 38.7 Å². The molecule has 2 fully saturated rings. The van der Waals surface area contributed by atoms with Crippen molar-refractivity contribution in [3.8, 4) is 0 Å². The lowest BCUT2D eigenvalue weighted by Crippen LogP contribution is -2.48. The molecule has 1 heterocycles. The smallest absolute Gasteiger partial charge is 0.172 e. The van der Waals surface area contributed by atoms with Gasteiger partial charge in [-0.2, -0.15) is 0 Å². The summed E-state index contributed by atoms with van der Waals surface area (Å²) < 4.78 is 12.0. The Morgan fingerprint density at radius 2 is 1.96 bits per heavy atom. The van der Waals surface area contributed by atoms with Crippen molar-refractivity contribution in [2.24, 2.45) is 17.3 Å². The fourth-order valence-electron chi connectivity index (χ4n) is 6.89. The maximum atomic E-state index is 11.3. The minimum atomic E-state index is -0.634. The number of allylic oxidation sites excluding steroid dienone is 4. The maximum Gasteiger partial charge on any atom is 0.172 e. The molecule has 1 saturated heterocycles. The molecular formula is C23H32O3. The molecule has 0 aromatic heterocycles. The molecule has 0 amide bonds. The number of fused-ring (bicyclic) bond motifs is 4. The lowest BCUT2D eigenvalue weighted by Gasteiger charge is -2.50. The summed E-state index contributed by atoms with van der Waals surface area (Å²) in [5.41, 5.74) is 4.18. The highest BCUT2D eigenvalue weighted by Crippen LogP contribution is 2.63. The first-order chi connectivity index (χ1) is 12.5. The highest BCUT2D eigenvalue weighted by atomic mass is 16.7. The summed E-state index contributed by atoms with van der Waals surface area (Å²) in [5.74, 6) is 0.924. The molecule has 3 nitrogen and oxygen atoms in total. The van der Waals surface area contributed by atoms with Gasteiger partial charge in [-0.1, -0.05) is 30.7 Å². The zero-order valence-electron chi connectivity index (χ0n) is 16.2. The number of hydrogen-bond acceptors (Lipinski definition) is 3. The normalized spacial score (nSPS) is 44.2. The van der Waals surface area contributed by atoms with Crippen LogP contribution in [0.1, 0.15) is 65.2 Å². The van der Waals surface area contributed by atoms with Gasteiger partial charge in [-0.15, -0.1) is 0 Å². The van der Waals surface area contributed by atoms with Crippen molar-refractivity contribution in [2.75, 3.05) is 13.2 Å². The van der Waals surface area contributed by atoms with E-state index in [9.17, 15) is 5.11 Å². The zero-order chi connectivity index (χ0) is 18.0. The molecule has 5 aliphatic rings. The van der Waals surface area contributed by atoms with Gasteiger partial charge in [0.1, 0.15) is 0 Å². The predicted molar refractivity (Wildman–Crippen MR) is 102 cm³/mol. The van der Waals surface area contributed by atoms with Crippen LogP contribution >= 0.6 is 0 Å². The van der Waals surface area contributed by atoms with Gasteiger partial charge >= 0.3 is 0 Å². The highest BCUT2D eigenvalue weighted by molar-refractivity contribution is 5.45. The third-order valence-corrected chi connectivity index (χ3v) is 8.30. The molecular weight excluding hydrogens is 324 g/mol. The summed E-state index contributed by atoms with van der Waals surface area (Å²) in [4.78, 5) is 0. The minimum Gasteiger partial charge on any atom is -0.385 e.